The van der Waals surface area contributed by atoms with Crippen LogP contribution in [0.25, 0.3) is 0 Å². The Morgan fingerprint density at radius 1 is 0.583 bits per heavy atom. The predicted molar refractivity (Wildman–Crippen MR) is 86.6 cm³/mol. The van der Waals surface area contributed by atoms with Crippen LogP contribution in [-0.2, 0) is 20.2 Å². The van der Waals surface area contributed by atoms with Crippen molar-refractivity contribution in [3.63, 3.8) is 0 Å². The summed E-state index contributed by atoms with van der Waals surface area (Å²) in [5.41, 5.74) is 0. The van der Waals surface area contributed by atoms with E-state index in [0.29, 0.717) is 12.8 Å². The molecule has 0 heterocycles. The SMILES string of the molecule is CCCCCCCS(=O)(=O)[O-].CCCCCCCS(=O)(=O)[O-].[K+].[Na+]. The van der Waals surface area contributed by atoms with Gasteiger partial charge in [0, 0.05) is 11.5 Å². The van der Waals surface area contributed by atoms with Crippen LogP contribution in [0.15, 0.2) is 0 Å². The Bertz CT molecular complexity index is 398. The Hall–Kier alpha value is 2.46. The van der Waals surface area contributed by atoms with E-state index in [4.69, 9.17) is 0 Å². The van der Waals surface area contributed by atoms with E-state index in [1.807, 2.05) is 0 Å². The third-order valence-electron chi connectivity index (χ3n) is 3.00. The van der Waals surface area contributed by atoms with Crippen molar-refractivity contribution in [2.75, 3.05) is 11.5 Å². The molecule has 0 atom stereocenters. The first-order valence-electron chi connectivity index (χ1n) is 7.99. The number of rotatable bonds is 12. The Labute approximate surface area is 213 Å². The Balaban J connectivity index is -0.000000154. The second kappa shape index (κ2) is 21.8. The molecule has 0 saturated heterocycles. The van der Waals surface area contributed by atoms with Gasteiger partial charge in [0.2, 0.25) is 0 Å². The van der Waals surface area contributed by atoms with Gasteiger partial charge in [-0.15, -0.1) is 0 Å². The van der Waals surface area contributed by atoms with Crippen LogP contribution in [0.4, 0.5) is 0 Å². The largest absolute Gasteiger partial charge is 1.00 e. The molecule has 0 bridgehead atoms. The van der Waals surface area contributed by atoms with Gasteiger partial charge in [-0.3, -0.25) is 0 Å². The van der Waals surface area contributed by atoms with E-state index in [1.165, 1.54) is 0 Å². The van der Waals surface area contributed by atoms with Gasteiger partial charge in [0.25, 0.3) is 0 Å². The molecule has 136 valence electrons. The normalized spacial score (nSPS) is 10.8. The molecule has 0 aromatic carbocycles. The van der Waals surface area contributed by atoms with Crippen molar-refractivity contribution in [2.24, 2.45) is 0 Å². The van der Waals surface area contributed by atoms with E-state index in [9.17, 15) is 25.9 Å². The predicted octanol–water partition coefficient (Wildman–Crippen LogP) is -2.99. The fraction of sp³-hybridized carbons (Fsp3) is 1.00. The maximum atomic E-state index is 10.1. The molecular formula is C14H30KNaO6S2. The van der Waals surface area contributed by atoms with Gasteiger partial charge < -0.3 is 9.11 Å². The molecule has 0 aliphatic rings. The minimum atomic E-state index is -3.96. The molecule has 0 spiro atoms. The summed E-state index contributed by atoms with van der Waals surface area (Å²) in [5.74, 6) is -0.395. The molecular weight excluding hydrogens is 390 g/mol. The minimum absolute atomic E-state index is 0. The Kier molecular flexibility index (Phi) is 30.8. The molecule has 0 aliphatic carbocycles. The van der Waals surface area contributed by atoms with E-state index >= 15 is 0 Å². The standard InChI is InChI=1S/2C7H16O3S.K.Na/c2*1-2-3-4-5-6-7-11(8,9)10;;/h2*2-7H2,1H3,(H,8,9,10);;/q;;2*+1/p-2. The van der Waals surface area contributed by atoms with Gasteiger partial charge in [-0.05, 0) is 12.8 Å². The van der Waals surface area contributed by atoms with E-state index in [0.717, 1.165) is 51.4 Å². The first-order chi connectivity index (χ1) is 10.1. The fourth-order valence-electron chi connectivity index (χ4n) is 1.76. The molecule has 0 radical (unpaired) electrons. The fourth-order valence-corrected chi connectivity index (χ4v) is 2.88. The average Bonchev–Trinajstić information content (AvgIpc) is 2.36. The van der Waals surface area contributed by atoms with E-state index in [2.05, 4.69) is 13.8 Å². The van der Waals surface area contributed by atoms with Gasteiger partial charge in [0.15, 0.2) is 0 Å². The monoisotopic (exact) mass is 420 g/mol. The number of hydrogen-bond acceptors (Lipinski definition) is 6. The summed E-state index contributed by atoms with van der Waals surface area (Å²) < 4.78 is 60.7. The van der Waals surface area contributed by atoms with Crippen LogP contribution in [0.3, 0.4) is 0 Å². The first-order valence-corrected chi connectivity index (χ1v) is 11.1. The summed E-state index contributed by atoms with van der Waals surface area (Å²) in [4.78, 5) is 0. The summed E-state index contributed by atoms with van der Waals surface area (Å²) in [6, 6.07) is 0. The zero-order chi connectivity index (χ0) is 17.5. The van der Waals surface area contributed by atoms with Crippen LogP contribution >= 0.6 is 0 Å². The number of unbranched alkanes of at least 4 members (excludes halogenated alkanes) is 8. The van der Waals surface area contributed by atoms with Gasteiger partial charge in [0.05, 0.1) is 20.2 Å². The van der Waals surface area contributed by atoms with Gasteiger partial charge >= 0.3 is 80.9 Å². The summed E-state index contributed by atoms with van der Waals surface area (Å²) in [5, 5.41) is 0. The zero-order valence-corrected chi connectivity index (χ0v) is 22.5. The molecule has 0 amide bonds. The van der Waals surface area contributed by atoms with Crippen molar-refractivity contribution in [3.8, 4) is 0 Å². The zero-order valence-electron chi connectivity index (χ0n) is 15.8. The van der Waals surface area contributed by atoms with Crippen LogP contribution < -0.4 is 80.9 Å². The molecule has 10 heteroatoms. The van der Waals surface area contributed by atoms with Crippen LogP contribution in [0, 0.1) is 0 Å². The molecule has 0 aromatic heterocycles. The van der Waals surface area contributed by atoms with E-state index in [-0.39, 0.29) is 92.4 Å². The molecule has 24 heavy (non-hydrogen) atoms. The molecule has 0 N–H and O–H groups in total. The van der Waals surface area contributed by atoms with Crippen LogP contribution in [0.2, 0.25) is 0 Å². The smallest absolute Gasteiger partial charge is 0.748 e. The van der Waals surface area contributed by atoms with E-state index in [1.54, 1.807) is 0 Å². The van der Waals surface area contributed by atoms with Crippen LogP contribution in [0.5, 0.6) is 0 Å². The van der Waals surface area contributed by atoms with Gasteiger partial charge in [-0.2, -0.15) is 0 Å². The van der Waals surface area contributed by atoms with Crippen molar-refractivity contribution < 1.29 is 107 Å². The van der Waals surface area contributed by atoms with Crippen molar-refractivity contribution in [3.05, 3.63) is 0 Å². The van der Waals surface area contributed by atoms with Crippen molar-refractivity contribution >= 4 is 20.2 Å². The summed E-state index contributed by atoms with van der Waals surface area (Å²) >= 11 is 0. The molecule has 0 unspecified atom stereocenters. The summed E-state index contributed by atoms with van der Waals surface area (Å²) in [7, 11) is -7.92. The topological polar surface area (TPSA) is 114 Å². The quantitative estimate of drug-likeness (QED) is 0.189. The maximum absolute atomic E-state index is 10.1. The van der Waals surface area contributed by atoms with E-state index < -0.39 is 20.2 Å². The third kappa shape index (κ3) is 39.5. The summed E-state index contributed by atoms with van der Waals surface area (Å²) in [6.07, 6.45) is 9.33. The molecule has 0 aromatic rings. The van der Waals surface area contributed by atoms with Crippen molar-refractivity contribution in [1.82, 2.24) is 0 Å². The average molecular weight is 421 g/mol. The van der Waals surface area contributed by atoms with Crippen LogP contribution in [-0.4, -0.2) is 37.4 Å². The summed E-state index contributed by atoms with van der Waals surface area (Å²) in [6.45, 7) is 4.18. The molecule has 0 rings (SSSR count). The molecule has 6 nitrogen and oxygen atoms in total. The van der Waals surface area contributed by atoms with Gasteiger partial charge in [-0.25, -0.2) is 16.8 Å². The van der Waals surface area contributed by atoms with Crippen LogP contribution in [0.1, 0.15) is 78.1 Å². The van der Waals surface area contributed by atoms with Gasteiger partial charge in [0.1, 0.15) is 0 Å². The molecule has 0 saturated carbocycles. The Morgan fingerprint density at radius 3 is 1.04 bits per heavy atom. The third-order valence-corrected chi connectivity index (χ3v) is 4.57. The maximum Gasteiger partial charge on any atom is 1.00 e. The molecule has 0 aliphatic heterocycles. The number of hydrogen-bond donors (Lipinski definition) is 0. The second-order valence-electron chi connectivity index (χ2n) is 5.35. The minimum Gasteiger partial charge on any atom is -0.748 e. The van der Waals surface area contributed by atoms with Crippen molar-refractivity contribution in [2.45, 2.75) is 78.1 Å². The molecule has 0 fully saturated rings. The first kappa shape index (κ1) is 34.0. The Morgan fingerprint density at radius 2 is 0.833 bits per heavy atom. The second-order valence-corrected chi connectivity index (χ2v) is 8.40. The van der Waals surface area contributed by atoms with Crippen molar-refractivity contribution in [1.29, 1.82) is 0 Å². The van der Waals surface area contributed by atoms with Gasteiger partial charge in [-0.1, -0.05) is 65.2 Å².